The van der Waals surface area contributed by atoms with Crippen LogP contribution in [0.3, 0.4) is 0 Å². The monoisotopic (exact) mass is 461 g/mol. The predicted octanol–water partition coefficient (Wildman–Crippen LogP) is 5.48. The summed E-state index contributed by atoms with van der Waals surface area (Å²) in [6, 6.07) is 14.3. The molecule has 0 unspecified atom stereocenters. The van der Waals surface area contributed by atoms with Crippen LogP contribution in [0.2, 0.25) is 0 Å². The second-order valence-corrected chi connectivity index (χ2v) is 9.14. The highest BCUT2D eigenvalue weighted by molar-refractivity contribution is 5.99. The van der Waals surface area contributed by atoms with Crippen molar-refractivity contribution in [1.29, 1.82) is 0 Å². The first kappa shape index (κ1) is 22.7. The van der Waals surface area contributed by atoms with Crippen molar-refractivity contribution in [2.45, 2.75) is 57.6 Å². The number of carbonyl (C=O) groups is 1. The van der Waals surface area contributed by atoms with Crippen molar-refractivity contribution in [2.24, 2.45) is 0 Å². The van der Waals surface area contributed by atoms with E-state index in [4.69, 9.17) is 13.9 Å². The molecule has 2 aromatic carbocycles. The van der Waals surface area contributed by atoms with E-state index in [0.717, 1.165) is 37.0 Å². The van der Waals surface area contributed by atoms with Crippen LogP contribution in [0.5, 0.6) is 5.75 Å². The Morgan fingerprint density at radius 1 is 1.03 bits per heavy atom. The third-order valence-electron chi connectivity index (χ3n) is 6.76. The maximum Gasteiger partial charge on any atom is 0.291 e. The van der Waals surface area contributed by atoms with Gasteiger partial charge in [-0.15, -0.1) is 0 Å². The van der Waals surface area contributed by atoms with Crippen LogP contribution < -0.4 is 10.2 Å². The van der Waals surface area contributed by atoms with E-state index in [9.17, 15) is 9.59 Å². The largest absolute Gasteiger partial charge is 0.494 e. The predicted molar refractivity (Wildman–Crippen MR) is 130 cm³/mol. The summed E-state index contributed by atoms with van der Waals surface area (Å²) in [6.45, 7) is 4.01. The summed E-state index contributed by atoms with van der Waals surface area (Å²) in [5.74, 6) is 0.679. The van der Waals surface area contributed by atoms with Crippen molar-refractivity contribution in [3.8, 4) is 5.75 Å². The Bertz CT molecular complexity index is 1210. The van der Waals surface area contributed by atoms with E-state index in [1.54, 1.807) is 23.1 Å². The van der Waals surface area contributed by atoms with Gasteiger partial charge in [-0.05, 0) is 49.1 Å². The fraction of sp³-hybridized carbons (Fsp3) is 0.429. The van der Waals surface area contributed by atoms with Crippen LogP contribution in [0.25, 0.3) is 11.0 Å². The molecule has 0 aliphatic carbocycles. The number of para-hydroxylation sites is 1. The standard InChI is InChI=1S/C28H31NO5/c1-2-3-4-7-16-32-20-14-12-19(13-15-20)25-24-26(30)22-10-5-6-11-23(22)34-27(24)28(31)29(25)18-21-9-8-17-33-21/h5-6,10-15,21,25H,2-4,7-9,16-18H2,1H3/t21-,25+/m1/s1. The molecule has 2 aliphatic heterocycles. The number of nitrogens with zero attached hydrogens (tertiary/aromatic N) is 1. The molecule has 0 N–H and O–H groups in total. The summed E-state index contributed by atoms with van der Waals surface area (Å²) < 4.78 is 17.7. The maximum absolute atomic E-state index is 13.5. The van der Waals surface area contributed by atoms with Gasteiger partial charge >= 0.3 is 0 Å². The van der Waals surface area contributed by atoms with Crippen molar-refractivity contribution in [2.75, 3.05) is 19.8 Å². The van der Waals surface area contributed by atoms with Gasteiger partial charge in [-0.3, -0.25) is 9.59 Å². The third kappa shape index (κ3) is 4.34. The summed E-state index contributed by atoms with van der Waals surface area (Å²) >= 11 is 0. The Morgan fingerprint density at radius 2 is 1.85 bits per heavy atom. The molecule has 1 saturated heterocycles. The zero-order chi connectivity index (χ0) is 23.5. The Labute approximate surface area is 199 Å². The second kappa shape index (κ2) is 10.0. The van der Waals surface area contributed by atoms with E-state index >= 15 is 0 Å². The third-order valence-corrected chi connectivity index (χ3v) is 6.76. The van der Waals surface area contributed by atoms with Gasteiger partial charge in [0.2, 0.25) is 5.76 Å². The molecule has 0 spiro atoms. The molecule has 0 saturated carbocycles. The highest BCUT2D eigenvalue weighted by Gasteiger charge is 2.43. The fourth-order valence-electron chi connectivity index (χ4n) is 4.97. The molecule has 5 rings (SSSR count). The zero-order valence-electron chi connectivity index (χ0n) is 19.6. The first-order valence-corrected chi connectivity index (χ1v) is 12.4. The van der Waals surface area contributed by atoms with Gasteiger partial charge in [0.25, 0.3) is 5.91 Å². The van der Waals surface area contributed by atoms with E-state index in [2.05, 4.69) is 6.92 Å². The number of fused-ring (bicyclic) bond motifs is 2. The molecule has 6 nitrogen and oxygen atoms in total. The lowest BCUT2D eigenvalue weighted by Crippen LogP contribution is -2.36. The van der Waals surface area contributed by atoms with Gasteiger partial charge in [0.05, 0.1) is 29.7 Å². The lowest BCUT2D eigenvalue weighted by Gasteiger charge is -2.27. The minimum Gasteiger partial charge on any atom is -0.494 e. The number of benzene rings is 2. The molecule has 1 aromatic heterocycles. The van der Waals surface area contributed by atoms with Crippen molar-refractivity contribution >= 4 is 16.9 Å². The highest BCUT2D eigenvalue weighted by Crippen LogP contribution is 2.39. The van der Waals surface area contributed by atoms with E-state index in [1.165, 1.54) is 12.8 Å². The number of unbranched alkanes of at least 4 members (excludes halogenated alkanes) is 3. The lowest BCUT2D eigenvalue weighted by atomic mass is 9.98. The number of amides is 1. The summed E-state index contributed by atoms with van der Waals surface area (Å²) in [4.78, 5) is 28.7. The molecule has 0 radical (unpaired) electrons. The highest BCUT2D eigenvalue weighted by atomic mass is 16.5. The Hall–Kier alpha value is -3.12. The number of hydrogen-bond acceptors (Lipinski definition) is 5. The number of rotatable bonds is 9. The SMILES string of the molecule is CCCCCCOc1ccc([C@H]2c3c(oc4ccccc4c3=O)C(=O)N2C[C@H]2CCCO2)cc1. The first-order valence-electron chi connectivity index (χ1n) is 12.4. The number of carbonyl (C=O) groups excluding carboxylic acids is 1. The first-order chi connectivity index (χ1) is 16.7. The molecule has 2 aliphatic rings. The molecule has 34 heavy (non-hydrogen) atoms. The van der Waals surface area contributed by atoms with Crippen LogP contribution >= 0.6 is 0 Å². The van der Waals surface area contributed by atoms with Gasteiger partial charge < -0.3 is 18.8 Å². The summed E-state index contributed by atoms with van der Waals surface area (Å²) in [5, 5.41) is 0.491. The van der Waals surface area contributed by atoms with Gasteiger partial charge in [0.15, 0.2) is 5.43 Å². The normalized spacial score (nSPS) is 19.7. The summed E-state index contributed by atoms with van der Waals surface area (Å²) in [6.07, 6.45) is 6.46. The van der Waals surface area contributed by atoms with Gasteiger partial charge in [-0.25, -0.2) is 0 Å². The zero-order valence-corrected chi connectivity index (χ0v) is 19.6. The van der Waals surface area contributed by atoms with Crippen LogP contribution in [0.1, 0.15) is 73.2 Å². The molecule has 2 atom stereocenters. The average molecular weight is 462 g/mol. The maximum atomic E-state index is 13.5. The van der Waals surface area contributed by atoms with Gasteiger partial charge in [0.1, 0.15) is 11.3 Å². The number of ether oxygens (including phenoxy) is 2. The summed E-state index contributed by atoms with van der Waals surface area (Å²) in [7, 11) is 0. The van der Waals surface area contributed by atoms with Crippen LogP contribution in [0.15, 0.2) is 57.7 Å². The quantitative estimate of drug-likeness (QED) is 0.395. The van der Waals surface area contributed by atoms with Crippen LogP contribution in [-0.4, -0.2) is 36.7 Å². The van der Waals surface area contributed by atoms with Crippen molar-refractivity contribution in [1.82, 2.24) is 4.90 Å². The van der Waals surface area contributed by atoms with E-state index in [1.807, 2.05) is 30.3 Å². The lowest BCUT2D eigenvalue weighted by molar-refractivity contribution is 0.0486. The minimum atomic E-state index is -0.508. The molecule has 1 amide bonds. The summed E-state index contributed by atoms with van der Waals surface area (Å²) in [5.41, 5.74) is 1.56. The van der Waals surface area contributed by atoms with Crippen LogP contribution in [-0.2, 0) is 4.74 Å². The Morgan fingerprint density at radius 3 is 2.62 bits per heavy atom. The molecule has 3 aromatic rings. The van der Waals surface area contributed by atoms with Gasteiger partial charge in [-0.2, -0.15) is 0 Å². The minimum absolute atomic E-state index is 0.0315. The molecule has 3 heterocycles. The van der Waals surface area contributed by atoms with Crippen molar-refractivity contribution in [3.05, 3.63) is 75.6 Å². The molecule has 0 bridgehead atoms. The Kier molecular flexibility index (Phi) is 6.68. The molecular weight excluding hydrogens is 430 g/mol. The number of hydrogen-bond donors (Lipinski definition) is 0. The van der Waals surface area contributed by atoms with Crippen molar-refractivity contribution in [3.63, 3.8) is 0 Å². The topological polar surface area (TPSA) is 69.0 Å². The molecule has 1 fully saturated rings. The Balaban J connectivity index is 1.47. The van der Waals surface area contributed by atoms with E-state index in [0.29, 0.717) is 36.3 Å². The van der Waals surface area contributed by atoms with E-state index in [-0.39, 0.29) is 23.2 Å². The molecular formula is C28H31NO5. The van der Waals surface area contributed by atoms with Crippen LogP contribution in [0.4, 0.5) is 0 Å². The van der Waals surface area contributed by atoms with E-state index < -0.39 is 6.04 Å². The smallest absolute Gasteiger partial charge is 0.291 e. The molecule has 6 heteroatoms. The van der Waals surface area contributed by atoms with Gasteiger partial charge in [-0.1, -0.05) is 50.5 Å². The van der Waals surface area contributed by atoms with Crippen LogP contribution in [0, 0.1) is 0 Å². The fourth-order valence-corrected chi connectivity index (χ4v) is 4.97. The molecule has 178 valence electrons. The second-order valence-electron chi connectivity index (χ2n) is 9.14. The van der Waals surface area contributed by atoms with Gasteiger partial charge in [0, 0.05) is 13.2 Å². The average Bonchev–Trinajstić information content (AvgIpc) is 3.47. The van der Waals surface area contributed by atoms with Crippen molar-refractivity contribution < 1.29 is 18.7 Å².